The van der Waals surface area contributed by atoms with E-state index in [2.05, 4.69) is 5.32 Å². The number of nitrogens with zero attached hydrogens (tertiary/aromatic N) is 1. The van der Waals surface area contributed by atoms with Crippen molar-refractivity contribution < 1.29 is 14.0 Å². The Labute approximate surface area is 132 Å². The molecule has 1 heterocycles. The van der Waals surface area contributed by atoms with Gasteiger partial charge in [-0.2, -0.15) is 0 Å². The molecule has 1 N–H and O–H groups in total. The van der Waals surface area contributed by atoms with Crippen LogP contribution in [-0.2, 0) is 7.05 Å². The van der Waals surface area contributed by atoms with Crippen LogP contribution >= 0.6 is 0 Å². The van der Waals surface area contributed by atoms with E-state index in [-0.39, 0.29) is 17.5 Å². The number of carbonyl (C=O) groups is 2. The van der Waals surface area contributed by atoms with Crippen molar-refractivity contribution >= 4 is 28.3 Å². The maximum absolute atomic E-state index is 13.3. The van der Waals surface area contributed by atoms with E-state index in [0.717, 1.165) is 5.39 Å². The number of benzene rings is 2. The van der Waals surface area contributed by atoms with Crippen molar-refractivity contribution in [2.75, 3.05) is 5.32 Å². The maximum atomic E-state index is 13.3. The number of Topliss-reactive ketones (excluding diaryl/α,β-unsaturated/α-hetero) is 1. The summed E-state index contributed by atoms with van der Waals surface area (Å²) < 4.78 is 15.0. The molecule has 0 spiro atoms. The molecule has 0 unspecified atom stereocenters. The second-order valence-corrected chi connectivity index (χ2v) is 5.38. The van der Waals surface area contributed by atoms with Crippen LogP contribution in [0.5, 0.6) is 0 Å². The highest BCUT2D eigenvalue weighted by Gasteiger charge is 2.14. The topological polar surface area (TPSA) is 51.1 Å². The van der Waals surface area contributed by atoms with Crippen LogP contribution in [0, 0.1) is 5.82 Å². The predicted octanol–water partition coefficient (Wildman–Crippen LogP) is 3.77. The van der Waals surface area contributed by atoms with Gasteiger partial charge in [-0.3, -0.25) is 9.59 Å². The first-order valence-electron chi connectivity index (χ1n) is 7.13. The molecule has 0 radical (unpaired) electrons. The Balaban J connectivity index is 1.88. The third-order valence-corrected chi connectivity index (χ3v) is 3.79. The standard InChI is InChI=1S/C18H15FN2O2/c1-11(22)12-4-7-15(8-5-12)20-18(23)17-9-13-3-6-14(19)10-16(13)21(17)2/h3-10H,1-2H3,(H,20,23). The maximum Gasteiger partial charge on any atom is 0.272 e. The van der Waals surface area contributed by atoms with E-state index >= 15 is 0 Å². The third-order valence-electron chi connectivity index (χ3n) is 3.79. The normalized spacial score (nSPS) is 10.7. The number of carbonyl (C=O) groups excluding carboxylic acids is 2. The monoisotopic (exact) mass is 310 g/mol. The van der Waals surface area contributed by atoms with Crippen LogP contribution in [0.1, 0.15) is 27.8 Å². The summed E-state index contributed by atoms with van der Waals surface area (Å²) in [6.07, 6.45) is 0. The van der Waals surface area contributed by atoms with Gasteiger partial charge in [0.1, 0.15) is 11.5 Å². The first kappa shape index (κ1) is 15.0. The highest BCUT2D eigenvalue weighted by atomic mass is 19.1. The van der Waals surface area contributed by atoms with Crippen LogP contribution in [0.15, 0.2) is 48.5 Å². The van der Waals surface area contributed by atoms with Crippen LogP contribution in [0.2, 0.25) is 0 Å². The van der Waals surface area contributed by atoms with Crippen molar-refractivity contribution in [2.45, 2.75) is 6.92 Å². The zero-order chi connectivity index (χ0) is 16.6. The largest absolute Gasteiger partial charge is 0.340 e. The molecule has 0 aliphatic carbocycles. The molecule has 3 aromatic rings. The van der Waals surface area contributed by atoms with E-state index in [0.29, 0.717) is 22.5 Å². The molecule has 0 atom stereocenters. The second kappa shape index (κ2) is 5.68. The number of rotatable bonds is 3. The van der Waals surface area contributed by atoms with E-state index in [1.165, 1.54) is 19.1 Å². The molecule has 3 rings (SSSR count). The Kier molecular flexibility index (Phi) is 3.70. The third kappa shape index (κ3) is 2.85. The zero-order valence-corrected chi connectivity index (χ0v) is 12.8. The second-order valence-electron chi connectivity index (χ2n) is 5.38. The van der Waals surface area contributed by atoms with Gasteiger partial charge in [0.25, 0.3) is 5.91 Å². The van der Waals surface area contributed by atoms with Gasteiger partial charge in [0.2, 0.25) is 0 Å². The van der Waals surface area contributed by atoms with Crippen LogP contribution in [-0.4, -0.2) is 16.3 Å². The van der Waals surface area contributed by atoms with Gasteiger partial charge in [0, 0.05) is 23.7 Å². The van der Waals surface area contributed by atoms with Gasteiger partial charge in [-0.25, -0.2) is 4.39 Å². The number of anilines is 1. The Morgan fingerprint density at radius 2 is 1.74 bits per heavy atom. The first-order valence-corrected chi connectivity index (χ1v) is 7.13. The molecular weight excluding hydrogens is 295 g/mol. The van der Waals surface area contributed by atoms with Gasteiger partial charge in [0.15, 0.2) is 5.78 Å². The minimum atomic E-state index is -0.342. The number of halogens is 1. The lowest BCUT2D eigenvalue weighted by atomic mass is 10.1. The molecule has 1 amide bonds. The molecule has 0 bridgehead atoms. The molecule has 4 nitrogen and oxygen atoms in total. The summed E-state index contributed by atoms with van der Waals surface area (Å²) in [5.74, 6) is -0.663. The smallest absolute Gasteiger partial charge is 0.272 e. The Hall–Kier alpha value is -2.95. The summed E-state index contributed by atoms with van der Waals surface area (Å²) in [4.78, 5) is 23.7. The Morgan fingerprint density at radius 1 is 1.04 bits per heavy atom. The van der Waals surface area contributed by atoms with Crippen LogP contribution in [0.4, 0.5) is 10.1 Å². The van der Waals surface area contributed by atoms with Crippen LogP contribution in [0.25, 0.3) is 10.9 Å². The van der Waals surface area contributed by atoms with Crippen molar-refractivity contribution in [3.05, 3.63) is 65.6 Å². The molecule has 0 saturated carbocycles. The Morgan fingerprint density at radius 3 is 2.39 bits per heavy atom. The molecule has 1 aromatic heterocycles. The SMILES string of the molecule is CC(=O)c1ccc(NC(=O)c2cc3ccc(F)cc3n2C)cc1. The minimum absolute atomic E-state index is 0.0291. The van der Waals surface area contributed by atoms with E-state index in [1.54, 1.807) is 48.0 Å². The van der Waals surface area contributed by atoms with Gasteiger partial charge < -0.3 is 9.88 Å². The fourth-order valence-corrected chi connectivity index (χ4v) is 2.50. The van der Waals surface area contributed by atoms with Crippen molar-refractivity contribution in [1.29, 1.82) is 0 Å². The first-order chi connectivity index (χ1) is 11.0. The molecular formula is C18H15FN2O2. The van der Waals surface area contributed by atoms with Gasteiger partial charge in [-0.05, 0) is 55.5 Å². The summed E-state index contributed by atoms with van der Waals surface area (Å²) >= 11 is 0. The van der Waals surface area contributed by atoms with Crippen molar-refractivity contribution in [1.82, 2.24) is 4.57 Å². The van der Waals surface area contributed by atoms with E-state index in [4.69, 9.17) is 0 Å². The number of hydrogen-bond donors (Lipinski definition) is 1. The number of nitrogens with one attached hydrogen (secondary N) is 1. The van der Waals surface area contributed by atoms with Gasteiger partial charge in [-0.15, -0.1) is 0 Å². The Bertz CT molecular complexity index is 911. The average molecular weight is 310 g/mol. The van der Waals surface area contributed by atoms with Crippen molar-refractivity contribution in [2.24, 2.45) is 7.05 Å². The highest BCUT2D eigenvalue weighted by Crippen LogP contribution is 2.21. The minimum Gasteiger partial charge on any atom is -0.340 e. The summed E-state index contributed by atoms with van der Waals surface area (Å²) in [7, 11) is 1.72. The van der Waals surface area contributed by atoms with E-state index in [1.807, 2.05) is 0 Å². The highest BCUT2D eigenvalue weighted by molar-refractivity contribution is 6.06. The van der Waals surface area contributed by atoms with Crippen molar-refractivity contribution in [3.8, 4) is 0 Å². The number of amides is 1. The number of fused-ring (bicyclic) bond motifs is 1. The lowest BCUT2D eigenvalue weighted by molar-refractivity contribution is 0.101. The fraction of sp³-hybridized carbons (Fsp3) is 0.111. The summed E-state index contributed by atoms with van der Waals surface area (Å²) in [5.41, 5.74) is 2.27. The van der Waals surface area contributed by atoms with Crippen molar-refractivity contribution in [3.63, 3.8) is 0 Å². The molecule has 116 valence electrons. The number of aryl methyl sites for hydroxylation is 1. The van der Waals surface area contributed by atoms with Gasteiger partial charge in [-0.1, -0.05) is 0 Å². The molecule has 23 heavy (non-hydrogen) atoms. The molecule has 0 fully saturated rings. The molecule has 0 aliphatic heterocycles. The van der Waals surface area contributed by atoms with Gasteiger partial charge in [0.05, 0.1) is 5.52 Å². The summed E-state index contributed by atoms with van der Waals surface area (Å²) in [6.45, 7) is 1.49. The summed E-state index contributed by atoms with van der Waals surface area (Å²) in [6, 6.07) is 12.8. The van der Waals surface area contributed by atoms with E-state index < -0.39 is 0 Å². The number of ketones is 1. The fourth-order valence-electron chi connectivity index (χ4n) is 2.50. The lowest BCUT2D eigenvalue weighted by Gasteiger charge is -2.07. The molecule has 0 saturated heterocycles. The summed E-state index contributed by atoms with van der Waals surface area (Å²) in [5, 5.41) is 3.57. The van der Waals surface area contributed by atoms with Gasteiger partial charge >= 0.3 is 0 Å². The molecule has 2 aromatic carbocycles. The number of aromatic nitrogens is 1. The molecule has 0 aliphatic rings. The molecule has 5 heteroatoms. The quantitative estimate of drug-likeness (QED) is 0.749. The average Bonchev–Trinajstić information content (AvgIpc) is 2.85. The van der Waals surface area contributed by atoms with Crippen LogP contribution in [0.3, 0.4) is 0 Å². The number of hydrogen-bond acceptors (Lipinski definition) is 2. The zero-order valence-electron chi connectivity index (χ0n) is 12.8. The van der Waals surface area contributed by atoms with E-state index in [9.17, 15) is 14.0 Å². The lowest BCUT2D eigenvalue weighted by Crippen LogP contribution is -2.15. The van der Waals surface area contributed by atoms with Crippen LogP contribution < -0.4 is 5.32 Å². The predicted molar refractivity (Wildman–Crippen MR) is 87.3 cm³/mol.